The molecule has 0 N–H and O–H groups in total. The fourth-order valence-electron chi connectivity index (χ4n) is 4.06. The molecule has 190 valence electrons. The molecular formula is C32H30N4O2. The van der Waals surface area contributed by atoms with Crippen LogP contribution in [0.5, 0.6) is 0 Å². The minimum absolute atomic E-state index is 0.439. The lowest BCUT2D eigenvalue weighted by molar-refractivity contribution is 0.103. The predicted octanol–water partition coefficient (Wildman–Crippen LogP) is 6.65. The molecule has 6 heteroatoms. The molecule has 4 heterocycles. The van der Waals surface area contributed by atoms with Crippen molar-refractivity contribution in [1.29, 1.82) is 0 Å². The molecule has 0 bridgehead atoms. The van der Waals surface area contributed by atoms with Crippen LogP contribution in [0.25, 0.3) is 22.8 Å². The fourth-order valence-corrected chi connectivity index (χ4v) is 4.06. The van der Waals surface area contributed by atoms with Gasteiger partial charge in [-0.3, -0.25) is 9.97 Å². The molecule has 5 aromatic rings. The Morgan fingerprint density at radius 1 is 0.421 bits per heavy atom. The molecular weight excluding hydrogens is 472 g/mol. The summed E-state index contributed by atoms with van der Waals surface area (Å²) in [7, 11) is 0. The van der Waals surface area contributed by atoms with E-state index >= 15 is 0 Å². The molecule has 38 heavy (non-hydrogen) atoms. The Hall–Kier alpha value is -4.26. The van der Waals surface area contributed by atoms with Crippen molar-refractivity contribution < 1.29 is 9.47 Å². The Morgan fingerprint density at radius 2 is 0.789 bits per heavy atom. The zero-order valence-corrected chi connectivity index (χ0v) is 21.7. The van der Waals surface area contributed by atoms with Crippen LogP contribution in [0.4, 0.5) is 0 Å². The van der Waals surface area contributed by atoms with Gasteiger partial charge in [-0.2, -0.15) is 0 Å². The van der Waals surface area contributed by atoms with Crippen LogP contribution in [0.1, 0.15) is 33.9 Å². The number of rotatable bonds is 10. The summed E-state index contributed by atoms with van der Waals surface area (Å²) in [5, 5.41) is 0. The van der Waals surface area contributed by atoms with E-state index in [1.165, 1.54) is 0 Å². The van der Waals surface area contributed by atoms with Crippen LogP contribution >= 0.6 is 0 Å². The summed E-state index contributed by atoms with van der Waals surface area (Å²) >= 11 is 0. The van der Waals surface area contributed by atoms with Gasteiger partial charge in [0.2, 0.25) is 0 Å². The van der Waals surface area contributed by atoms with E-state index in [4.69, 9.17) is 19.4 Å². The number of pyridine rings is 4. The molecule has 1 aromatic carbocycles. The van der Waals surface area contributed by atoms with Crippen molar-refractivity contribution in [2.24, 2.45) is 0 Å². The zero-order valence-electron chi connectivity index (χ0n) is 21.7. The fraction of sp³-hybridized carbons (Fsp3) is 0.188. The van der Waals surface area contributed by atoms with Crippen molar-refractivity contribution in [2.75, 3.05) is 0 Å². The predicted molar refractivity (Wildman–Crippen MR) is 148 cm³/mol. The number of aryl methyl sites for hydroxylation is 2. The number of hydrogen-bond acceptors (Lipinski definition) is 6. The lowest BCUT2D eigenvalue weighted by Crippen LogP contribution is -2.00. The van der Waals surface area contributed by atoms with Gasteiger partial charge in [0, 0.05) is 11.4 Å². The SMILES string of the molecule is Cc1cccc(-c2cccc(COCc3ccc(COCc4cccc(-c5cccc(C)n5)n4)cc3)n2)n1. The van der Waals surface area contributed by atoms with Gasteiger partial charge in [0.25, 0.3) is 0 Å². The van der Waals surface area contributed by atoms with Crippen molar-refractivity contribution in [3.63, 3.8) is 0 Å². The highest BCUT2D eigenvalue weighted by atomic mass is 16.5. The molecule has 0 aliphatic carbocycles. The molecule has 0 aliphatic rings. The standard InChI is InChI=1S/C32H30N4O2/c1-23-7-3-11-29(33-23)31-13-5-9-27(35-31)21-37-19-25-15-17-26(18-16-25)20-38-22-28-10-6-14-32(36-28)30-12-4-8-24(2)34-30/h3-18H,19-22H2,1-2H3. The molecule has 6 nitrogen and oxygen atoms in total. The molecule has 0 saturated carbocycles. The molecule has 4 aromatic heterocycles. The van der Waals surface area contributed by atoms with E-state index in [9.17, 15) is 0 Å². The maximum atomic E-state index is 5.93. The third-order valence-corrected chi connectivity index (χ3v) is 5.98. The summed E-state index contributed by atoms with van der Waals surface area (Å²) in [6, 6.07) is 32.1. The first-order valence-corrected chi connectivity index (χ1v) is 12.7. The van der Waals surface area contributed by atoms with Gasteiger partial charge in [-0.15, -0.1) is 0 Å². The first-order chi connectivity index (χ1) is 18.6. The number of ether oxygens (including phenoxy) is 2. The average molecular weight is 503 g/mol. The normalized spacial score (nSPS) is 11.0. The summed E-state index contributed by atoms with van der Waals surface area (Å²) in [5.74, 6) is 0. The highest BCUT2D eigenvalue weighted by Gasteiger charge is 2.05. The van der Waals surface area contributed by atoms with Crippen LogP contribution in [-0.4, -0.2) is 19.9 Å². The largest absolute Gasteiger partial charge is 0.370 e. The molecule has 5 rings (SSSR count). The quantitative estimate of drug-likeness (QED) is 0.213. The molecule has 0 radical (unpaired) electrons. The first kappa shape index (κ1) is 25.4. The van der Waals surface area contributed by atoms with Crippen molar-refractivity contribution in [3.05, 3.63) is 131 Å². The maximum absolute atomic E-state index is 5.93. The van der Waals surface area contributed by atoms with E-state index in [0.717, 1.165) is 56.7 Å². The summed E-state index contributed by atoms with van der Waals surface area (Å²) in [6.07, 6.45) is 0. The molecule has 0 saturated heterocycles. The van der Waals surface area contributed by atoms with Crippen molar-refractivity contribution in [2.45, 2.75) is 40.3 Å². The second-order valence-corrected chi connectivity index (χ2v) is 9.16. The van der Waals surface area contributed by atoms with Gasteiger partial charge < -0.3 is 9.47 Å². The smallest absolute Gasteiger partial charge is 0.0892 e. The minimum atomic E-state index is 0.439. The molecule has 0 amide bonds. The molecule has 0 aliphatic heterocycles. The van der Waals surface area contributed by atoms with Gasteiger partial charge in [-0.1, -0.05) is 48.5 Å². The van der Waals surface area contributed by atoms with Crippen LogP contribution in [0.2, 0.25) is 0 Å². The average Bonchev–Trinajstić information content (AvgIpc) is 2.94. The van der Waals surface area contributed by atoms with Gasteiger partial charge in [-0.05, 0) is 73.5 Å². The minimum Gasteiger partial charge on any atom is -0.370 e. The Kier molecular flexibility index (Phi) is 8.23. The van der Waals surface area contributed by atoms with E-state index in [1.807, 2.05) is 86.6 Å². The molecule has 0 spiro atoms. The summed E-state index contributed by atoms with van der Waals surface area (Å²) in [6.45, 7) is 5.87. The number of nitrogens with zero attached hydrogens (tertiary/aromatic N) is 4. The van der Waals surface area contributed by atoms with Gasteiger partial charge in [0.05, 0.1) is 60.6 Å². The first-order valence-electron chi connectivity index (χ1n) is 12.7. The highest BCUT2D eigenvalue weighted by Crippen LogP contribution is 2.17. The van der Waals surface area contributed by atoms with E-state index in [-0.39, 0.29) is 0 Å². The van der Waals surface area contributed by atoms with Crippen LogP contribution < -0.4 is 0 Å². The summed E-state index contributed by atoms with van der Waals surface area (Å²) in [4.78, 5) is 18.5. The van der Waals surface area contributed by atoms with Crippen molar-refractivity contribution in [1.82, 2.24) is 19.9 Å². The van der Waals surface area contributed by atoms with Crippen molar-refractivity contribution >= 4 is 0 Å². The van der Waals surface area contributed by atoms with Crippen LogP contribution in [-0.2, 0) is 35.9 Å². The number of aromatic nitrogens is 4. The summed E-state index contributed by atoms with van der Waals surface area (Å²) in [5.41, 5.74) is 9.37. The van der Waals surface area contributed by atoms with E-state index < -0.39 is 0 Å². The maximum Gasteiger partial charge on any atom is 0.0892 e. The van der Waals surface area contributed by atoms with Gasteiger partial charge in [0.15, 0.2) is 0 Å². The lowest BCUT2D eigenvalue weighted by atomic mass is 10.1. The Bertz CT molecular complexity index is 1390. The Balaban J connectivity index is 1.09. The monoisotopic (exact) mass is 502 g/mol. The highest BCUT2D eigenvalue weighted by molar-refractivity contribution is 5.55. The zero-order chi connectivity index (χ0) is 26.2. The lowest BCUT2D eigenvalue weighted by Gasteiger charge is -2.08. The Labute approximate surface area is 223 Å². The molecule has 0 fully saturated rings. The molecule has 0 atom stereocenters. The topological polar surface area (TPSA) is 70.0 Å². The van der Waals surface area contributed by atoms with Gasteiger partial charge in [0.1, 0.15) is 0 Å². The summed E-state index contributed by atoms with van der Waals surface area (Å²) < 4.78 is 11.9. The second-order valence-electron chi connectivity index (χ2n) is 9.16. The van der Waals surface area contributed by atoms with E-state index in [1.54, 1.807) is 0 Å². The van der Waals surface area contributed by atoms with Crippen LogP contribution in [0, 0.1) is 13.8 Å². The van der Waals surface area contributed by atoms with Gasteiger partial charge in [-0.25, -0.2) is 9.97 Å². The van der Waals surface area contributed by atoms with Gasteiger partial charge >= 0.3 is 0 Å². The van der Waals surface area contributed by atoms with E-state index in [0.29, 0.717) is 26.4 Å². The van der Waals surface area contributed by atoms with Crippen LogP contribution in [0.15, 0.2) is 97.1 Å². The van der Waals surface area contributed by atoms with Crippen LogP contribution in [0.3, 0.4) is 0 Å². The second kappa shape index (κ2) is 12.3. The van der Waals surface area contributed by atoms with E-state index in [2.05, 4.69) is 34.2 Å². The number of benzene rings is 1. The third-order valence-electron chi connectivity index (χ3n) is 5.98. The number of hydrogen-bond donors (Lipinski definition) is 0. The van der Waals surface area contributed by atoms with Crippen molar-refractivity contribution in [3.8, 4) is 22.8 Å². The Morgan fingerprint density at radius 3 is 1.18 bits per heavy atom. The third kappa shape index (κ3) is 6.94. The molecule has 0 unspecified atom stereocenters.